The molecule has 0 spiro atoms. The molecule has 132 valence electrons. The number of nitro benzene ring substituents is 1. The fourth-order valence-electron chi connectivity index (χ4n) is 2.41. The van der Waals surface area contributed by atoms with Crippen molar-refractivity contribution in [2.45, 2.75) is 0 Å². The van der Waals surface area contributed by atoms with Crippen molar-refractivity contribution < 1.29 is 19.6 Å². The van der Waals surface area contributed by atoms with Crippen LogP contribution in [0.3, 0.4) is 0 Å². The number of aromatic nitrogens is 1. The molecule has 0 bridgehead atoms. The van der Waals surface area contributed by atoms with Crippen LogP contribution in [0.2, 0.25) is 0 Å². The van der Waals surface area contributed by atoms with Crippen LogP contribution >= 0.6 is 24.0 Å². The molecule has 0 unspecified atom stereocenters. The average Bonchev–Trinajstić information content (AvgIpc) is 3.15. The predicted molar refractivity (Wildman–Crippen MR) is 99.9 cm³/mol. The number of carbonyl (C=O) groups is 2. The second kappa shape index (κ2) is 7.10. The molecular weight excluding hydrogens is 378 g/mol. The van der Waals surface area contributed by atoms with E-state index in [-0.39, 0.29) is 10.0 Å². The van der Waals surface area contributed by atoms with E-state index in [4.69, 9.17) is 17.3 Å². The van der Waals surface area contributed by atoms with Gasteiger partial charge in [-0.15, -0.1) is 0 Å². The Kier molecular flexibility index (Phi) is 4.87. The molecule has 0 saturated carbocycles. The minimum Gasteiger partial charge on any atom is -0.480 e. The summed E-state index contributed by atoms with van der Waals surface area (Å²) < 4.78 is 1.87. The van der Waals surface area contributed by atoms with Crippen molar-refractivity contribution in [2.75, 3.05) is 6.54 Å². The third-order valence-electron chi connectivity index (χ3n) is 3.54. The van der Waals surface area contributed by atoms with Gasteiger partial charge >= 0.3 is 5.97 Å². The van der Waals surface area contributed by atoms with Crippen LogP contribution < -0.4 is 0 Å². The molecule has 10 heteroatoms. The Labute approximate surface area is 156 Å². The normalized spacial score (nSPS) is 15.7. The summed E-state index contributed by atoms with van der Waals surface area (Å²) in [6.45, 7) is -0.492. The summed E-state index contributed by atoms with van der Waals surface area (Å²) in [7, 11) is 0. The van der Waals surface area contributed by atoms with Gasteiger partial charge in [0.25, 0.3) is 11.6 Å². The van der Waals surface area contributed by atoms with Crippen molar-refractivity contribution in [1.29, 1.82) is 0 Å². The summed E-state index contributed by atoms with van der Waals surface area (Å²) in [5, 5.41) is 19.8. The molecule has 0 atom stereocenters. The van der Waals surface area contributed by atoms with E-state index in [1.165, 1.54) is 12.1 Å². The van der Waals surface area contributed by atoms with Crippen LogP contribution in [-0.2, 0) is 9.59 Å². The zero-order chi connectivity index (χ0) is 18.8. The average molecular weight is 389 g/mol. The Morgan fingerprint density at radius 1 is 1.35 bits per heavy atom. The number of nitro groups is 1. The first-order valence-corrected chi connectivity index (χ1v) is 8.48. The molecule has 26 heavy (non-hydrogen) atoms. The van der Waals surface area contributed by atoms with Crippen molar-refractivity contribution in [3.63, 3.8) is 0 Å². The number of nitrogens with zero attached hydrogens (tertiary/aromatic N) is 3. The standard InChI is InChI=1S/C16H11N3O5S2/c20-14(21)9-18-15(22)13(26-16(18)25)8-11-5-2-6-17(11)10-3-1-4-12(7-10)19(23)24/h1-8H,9H2,(H,20,21). The van der Waals surface area contributed by atoms with Gasteiger partial charge in [0.05, 0.1) is 15.5 Å². The third-order valence-corrected chi connectivity index (χ3v) is 4.92. The number of hydrogen-bond donors (Lipinski definition) is 1. The van der Waals surface area contributed by atoms with Crippen LogP contribution in [0, 0.1) is 10.1 Å². The van der Waals surface area contributed by atoms with E-state index in [0.29, 0.717) is 16.3 Å². The van der Waals surface area contributed by atoms with Gasteiger partial charge in [0, 0.05) is 24.0 Å². The van der Waals surface area contributed by atoms with Gasteiger partial charge < -0.3 is 9.67 Å². The molecule has 1 fully saturated rings. The zero-order valence-electron chi connectivity index (χ0n) is 13.1. The predicted octanol–water partition coefficient (Wildman–Crippen LogP) is 2.67. The molecule has 0 aliphatic carbocycles. The molecule has 1 aromatic heterocycles. The molecule has 1 N–H and O–H groups in total. The highest BCUT2D eigenvalue weighted by Crippen LogP contribution is 2.33. The third kappa shape index (κ3) is 3.51. The van der Waals surface area contributed by atoms with Gasteiger partial charge in [-0.25, -0.2) is 0 Å². The number of rotatable bonds is 5. The maximum Gasteiger partial charge on any atom is 0.323 e. The van der Waals surface area contributed by atoms with Crippen molar-refractivity contribution in [3.8, 4) is 5.69 Å². The lowest BCUT2D eigenvalue weighted by atomic mass is 10.2. The molecule has 1 aliphatic heterocycles. The smallest absolute Gasteiger partial charge is 0.323 e. The van der Waals surface area contributed by atoms with E-state index < -0.39 is 23.3 Å². The van der Waals surface area contributed by atoms with E-state index in [2.05, 4.69) is 0 Å². The molecular formula is C16H11N3O5S2. The van der Waals surface area contributed by atoms with Gasteiger partial charge in [0.1, 0.15) is 10.9 Å². The second-order valence-electron chi connectivity index (χ2n) is 5.24. The van der Waals surface area contributed by atoms with Gasteiger partial charge in [-0.1, -0.05) is 30.0 Å². The first kappa shape index (κ1) is 17.8. The number of benzene rings is 1. The molecule has 3 rings (SSSR count). The number of thiocarbonyl (C=S) groups is 1. The first-order chi connectivity index (χ1) is 12.4. The van der Waals surface area contributed by atoms with E-state index in [0.717, 1.165) is 16.7 Å². The number of carbonyl (C=O) groups excluding carboxylic acids is 1. The monoisotopic (exact) mass is 389 g/mol. The molecule has 0 radical (unpaired) electrons. The molecule has 1 amide bonds. The summed E-state index contributed by atoms with van der Waals surface area (Å²) in [6, 6.07) is 9.57. The number of carboxylic acids is 1. The summed E-state index contributed by atoms with van der Waals surface area (Å²) in [4.78, 5) is 35.0. The minimum atomic E-state index is -1.15. The lowest BCUT2D eigenvalue weighted by Gasteiger charge is -2.10. The number of carboxylic acid groups (broad SMARTS) is 1. The molecule has 8 nitrogen and oxygen atoms in total. The van der Waals surface area contributed by atoms with Crippen LogP contribution in [0.4, 0.5) is 5.69 Å². The maximum absolute atomic E-state index is 12.4. The molecule has 2 heterocycles. The van der Waals surface area contributed by atoms with E-state index in [1.807, 2.05) is 0 Å². The minimum absolute atomic E-state index is 0.0464. The van der Waals surface area contributed by atoms with Crippen molar-refractivity contribution in [3.05, 3.63) is 63.3 Å². The van der Waals surface area contributed by atoms with Crippen molar-refractivity contribution >= 4 is 51.9 Å². The molecule has 1 saturated heterocycles. The maximum atomic E-state index is 12.4. The fraction of sp³-hybridized carbons (Fsp3) is 0.0625. The molecule has 1 aliphatic rings. The highest BCUT2D eigenvalue weighted by molar-refractivity contribution is 8.26. The van der Waals surface area contributed by atoms with Gasteiger partial charge in [0.15, 0.2) is 0 Å². The number of amides is 1. The van der Waals surface area contributed by atoms with Gasteiger partial charge in [-0.05, 0) is 24.3 Å². The Hall–Kier alpha value is -2.98. The van der Waals surface area contributed by atoms with Gasteiger partial charge in [0.2, 0.25) is 0 Å². The second-order valence-corrected chi connectivity index (χ2v) is 6.92. The van der Waals surface area contributed by atoms with E-state index in [1.54, 1.807) is 41.1 Å². The summed E-state index contributed by atoms with van der Waals surface area (Å²) >= 11 is 6.08. The van der Waals surface area contributed by atoms with Crippen LogP contribution in [0.1, 0.15) is 5.69 Å². The van der Waals surface area contributed by atoms with Gasteiger partial charge in [-0.3, -0.25) is 24.6 Å². The fourth-order valence-corrected chi connectivity index (χ4v) is 3.65. The quantitative estimate of drug-likeness (QED) is 0.363. The Balaban J connectivity index is 1.95. The number of aliphatic carboxylic acids is 1. The van der Waals surface area contributed by atoms with Crippen LogP contribution in [0.25, 0.3) is 11.8 Å². The SMILES string of the molecule is O=C(O)CN1C(=O)C(=Cc2cccn2-c2cccc([N+](=O)[O-])c2)SC1=S. The van der Waals surface area contributed by atoms with E-state index in [9.17, 15) is 19.7 Å². The van der Waals surface area contributed by atoms with Crippen molar-refractivity contribution in [2.24, 2.45) is 0 Å². The topological polar surface area (TPSA) is 106 Å². The molecule has 2 aromatic rings. The van der Waals surface area contributed by atoms with Crippen LogP contribution in [-0.4, -0.2) is 42.2 Å². The summed E-state index contributed by atoms with van der Waals surface area (Å²) in [5.41, 5.74) is 1.13. The van der Waals surface area contributed by atoms with Gasteiger partial charge in [-0.2, -0.15) is 0 Å². The number of hydrogen-bond acceptors (Lipinski definition) is 6. The van der Waals surface area contributed by atoms with Crippen LogP contribution in [0.15, 0.2) is 47.5 Å². The largest absolute Gasteiger partial charge is 0.480 e. The lowest BCUT2D eigenvalue weighted by molar-refractivity contribution is -0.384. The Morgan fingerprint density at radius 3 is 2.81 bits per heavy atom. The van der Waals surface area contributed by atoms with E-state index >= 15 is 0 Å². The Morgan fingerprint density at radius 2 is 2.12 bits per heavy atom. The van der Waals surface area contributed by atoms with Crippen LogP contribution in [0.5, 0.6) is 0 Å². The first-order valence-electron chi connectivity index (χ1n) is 7.26. The highest BCUT2D eigenvalue weighted by Gasteiger charge is 2.33. The number of thioether (sulfide) groups is 1. The highest BCUT2D eigenvalue weighted by atomic mass is 32.2. The summed E-state index contributed by atoms with van der Waals surface area (Å²) in [6.07, 6.45) is 3.29. The Bertz CT molecular complexity index is 966. The number of non-ortho nitro benzene ring substituents is 1. The molecule has 1 aromatic carbocycles. The van der Waals surface area contributed by atoms with Crippen molar-refractivity contribution in [1.82, 2.24) is 9.47 Å². The summed E-state index contributed by atoms with van der Waals surface area (Å²) in [5.74, 6) is -1.63. The lowest BCUT2D eigenvalue weighted by Crippen LogP contribution is -2.33. The zero-order valence-corrected chi connectivity index (χ0v) is 14.7.